The Morgan fingerprint density at radius 3 is 2.76 bits per heavy atom. The first-order valence-electron chi connectivity index (χ1n) is 6.08. The molecule has 0 saturated carbocycles. The van der Waals surface area contributed by atoms with Gasteiger partial charge in [-0.15, -0.1) is 0 Å². The molecule has 0 aromatic carbocycles. The van der Waals surface area contributed by atoms with E-state index >= 15 is 0 Å². The molecule has 17 heavy (non-hydrogen) atoms. The SMILES string of the molecule is CCNC(=O)NC(=O)CN1CCC(N)C(C)C1. The number of hydrogen-bond donors (Lipinski definition) is 3. The number of likely N-dealkylation sites (tertiary alicyclic amines) is 1. The molecule has 0 radical (unpaired) electrons. The van der Waals surface area contributed by atoms with Gasteiger partial charge in [-0.05, 0) is 19.3 Å². The molecule has 1 fully saturated rings. The fourth-order valence-corrected chi connectivity index (χ4v) is 1.97. The Morgan fingerprint density at radius 2 is 2.18 bits per heavy atom. The van der Waals surface area contributed by atoms with Gasteiger partial charge in [0.05, 0.1) is 6.54 Å². The average molecular weight is 242 g/mol. The van der Waals surface area contributed by atoms with Crippen molar-refractivity contribution in [1.82, 2.24) is 15.5 Å². The van der Waals surface area contributed by atoms with Crippen molar-refractivity contribution in [1.29, 1.82) is 0 Å². The molecule has 2 unspecified atom stereocenters. The van der Waals surface area contributed by atoms with Crippen molar-refractivity contribution in [2.75, 3.05) is 26.2 Å². The highest BCUT2D eigenvalue weighted by molar-refractivity contribution is 5.95. The molecule has 0 aliphatic carbocycles. The molecular weight excluding hydrogens is 220 g/mol. The van der Waals surface area contributed by atoms with E-state index in [0.717, 1.165) is 19.5 Å². The van der Waals surface area contributed by atoms with Crippen LogP contribution in [0.3, 0.4) is 0 Å². The maximum absolute atomic E-state index is 11.5. The molecule has 0 bridgehead atoms. The molecule has 6 nitrogen and oxygen atoms in total. The number of carbonyl (C=O) groups excluding carboxylic acids is 2. The summed E-state index contributed by atoms with van der Waals surface area (Å²) in [4.78, 5) is 24.7. The number of urea groups is 1. The smallest absolute Gasteiger partial charge is 0.321 e. The molecule has 1 saturated heterocycles. The summed E-state index contributed by atoms with van der Waals surface area (Å²) in [7, 11) is 0. The normalized spacial score (nSPS) is 25.4. The van der Waals surface area contributed by atoms with E-state index in [1.54, 1.807) is 6.92 Å². The Labute approximate surface area is 102 Å². The second kappa shape index (κ2) is 6.56. The first kappa shape index (κ1) is 13.9. The molecule has 0 aromatic heterocycles. The molecule has 6 heteroatoms. The second-order valence-electron chi connectivity index (χ2n) is 4.57. The van der Waals surface area contributed by atoms with E-state index in [1.807, 2.05) is 4.90 Å². The third-order valence-electron chi connectivity index (χ3n) is 3.01. The number of nitrogens with zero attached hydrogens (tertiary/aromatic N) is 1. The predicted molar refractivity (Wildman–Crippen MR) is 65.4 cm³/mol. The number of piperidine rings is 1. The zero-order valence-electron chi connectivity index (χ0n) is 10.5. The number of carbonyl (C=O) groups is 2. The summed E-state index contributed by atoms with van der Waals surface area (Å²) in [6.07, 6.45) is 0.898. The Balaban J connectivity index is 2.29. The Morgan fingerprint density at radius 1 is 1.47 bits per heavy atom. The van der Waals surface area contributed by atoms with Crippen LogP contribution >= 0.6 is 0 Å². The van der Waals surface area contributed by atoms with Crippen LogP contribution in [0.15, 0.2) is 0 Å². The average Bonchev–Trinajstić information content (AvgIpc) is 2.23. The van der Waals surface area contributed by atoms with Gasteiger partial charge in [-0.25, -0.2) is 4.79 Å². The summed E-state index contributed by atoms with van der Waals surface area (Å²) in [6.45, 7) is 6.28. The number of rotatable bonds is 3. The monoisotopic (exact) mass is 242 g/mol. The minimum Gasteiger partial charge on any atom is -0.338 e. The molecule has 1 aliphatic heterocycles. The lowest BCUT2D eigenvalue weighted by Crippen LogP contribution is -2.50. The molecule has 1 aliphatic rings. The number of imide groups is 1. The molecule has 1 rings (SSSR count). The Bertz CT molecular complexity index is 283. The number of nitrogens with two attached hydrogens (primary N) is 1. The highest BCUT2D eigenvalue weighted by atomic mass is 16.2. The van der Waals surface area contributed by atoms with E-state index < -0.39 is 6.03 Å². The van der Waals surface area contributed by atoms with Gasteiger partial charge in [-0.3, -0.25) is 15.0 Å². The van der Waals surface area contributed by atoms with E-state index in [2.05, 4.69) is 17.6 Å². The van der Waals surface area contributed by atoms with Crippen LogP contribution in [0.2, 0.25) is 0 Å². The first-order chi connectivity index (χ1) is 8.02. The van der Waals surface area contributed by atoms with Gasteiger partial charge in [0.2, 0.25) is 5.91 Å². The van der Waals surface area contributed by atoms with Crippen molar-refractivity contribution in [3.05, 3.63) is 0 Å². The van der Waals surface area contributed by atoms with Crippen LogP contribution in [0.1, 0.15) is 20.3 Å². The van der Waals surface area contributed by atoms with E-state index in [0.29, 0.717) is 12.5 Å². The lowest BCUT2D eigenvalue weighted by molar-refractivity contribution is -0.121. The van der Waals surface area contributed by atoms with Crippen LogP contribution in [0.4, 0.5) is 4.79 Å². The molecule has 3 amide bonds. The van der Waals surface area contributed by atoms with E-state index in [-0.39, 0.29) is 18.5 Å². The molecule has 0 spiro atoms. The highest BCUT2D eigenvalue weighted by Gasteiger charge is 2.24. The topological polar surface area (TPSA) is 87.5 Å². The third kappa shape index (κ3) is 4.70. The van der Waals surface area contributed by atoms with Crippen LogP contribution in [0.25, 0.3) is 0 Å². The summed E-state index contributed by atoms with van der Waals surface area (Å²) in [6, 6.07) is -0.211. The largest absolute Gasteiger partial charge is 0.338 e. The number of hydrogen-bond acceptors (Lipinski definition) is 4. The summed E-state index contributed by atoms with van der Waals surface area (Å²) < 4.78 is 0. The minimum absolute atomic E-state index is 0.220. The zero-order chi connectivity index (χ0) is 12.8. The molecule has 4 N–H and O–H groups in total. The van der Waals surface area contributed by atoms with Gasteiger partial charge in [0, 0.05) is 25.7 Å². The van der Waals surface area contributed by atoms with Crippen LogP contribution in [-0.2, 0) is 4.79 Å². The molecule has 0 aromatic rings. The van der Waals surface area contributed by atoms with Gasteiger partial charge in [0.15, 0.2) is 0 Å². The fourth-order valence-electron chi connectivity index (χ4n) is 1.97. The van der Waals surface area contributed by atoms with Gasteiger partial charge in [0.1, 0.15) is 0 Å². The third-order valence-corrected chi connectivity index (χ3v) is 3.01. The van der Waals surface area contributed by atoms with Crippen LogP contribution in [0, 0.1) is 5.92 Å². The second-order valence-corrected chi connectivity index (χ2v) is 4.57. The fraction of sp³-hybridized carbons (Fsp3) is 0.818. The van der Waals surface area contributed by atoms with E-state index in [1.165, 1.54) is 0 Å². The Hall–Kier alpha value is -1.14. The summed E-state index contributed by atoms with van der Waals surface area (Å²) in [5.74, 6) is 0.125. The van der Waals surface area contributed by atoms with Gasteiger partial charge in [-0.2, -0.15) is 0 Å². The summed E-state index contributed by atoms with van der Waals surface area (Å²) >= 11 is 0. The van der Waals surface area contributed by atoms with Crippen molar-refractivity contribution >= 4 is 11.9 Å². The van der Waals surface area contributed by atoms with Crippen LogP contribution in [-0.4, -0.2) is 49.1 Å². The van der Waals surface area contributed by atoms with Gasteiger partial charge in [-0.1, -0.05) is 6.92 Å². The lowest BCUT2D eigenvalue weighted by Gasteiger charge is -2.34. The zero-order valence-corrected chi connectivity index (χ0v) is 10.5. The standard InChI is InChI=1S/C11H22N4O2/c1-3-13-11(17)14-10(16)7-15-5-4-9(12)8(2)6-15/h8-9H,3-7,12H2,1-2H3,(H2,13,14,16,17). The van der Waals surface area contributed by atoms with Crippen molar-refractivity contribution in [3.63, 3.8) is 0 Å². The first-order valence-corrected chi connectivity index (χ1v) is 6.08. The highest BCUT2D eigenvalue weighted by Crippen LogP contribution is 2.14. The van der Waals surface area contributed by atoms with Crippen molar-refractivity contribution in [3.8, 4) is 0 Å². The molecule has 1 heterocycles. The Kier molecular flexibility index (Phi) is 5.37. The van der Waals surface area contributed by atoms with E-state index in [9.17, 15) is 9.59 Å². The predicted octanol–water partition coefficient (Wildman–Crippen LogP) is -0.499. The molecule has 98 valence electrons. The molecular formula is C11H22N4O2. The van der Waals surface area contributed by atoms with E-state index in [4.69, 9.17) is 5.73 Å². The maximum Gasteiger partial charge on any atom is 0.321 e. The van der Waals surface area contributed by atoms with Crippen molar-refractivity contribution in [2.24, 2.45) is 11.7 Å². The number of amides is 3. The summed E-state index contributed by atoms with van der Waals surface area (Å²) in [5.41, 5.74) is 5.90. The lowest BCUT2D eigenvalue weighted by atomic mass is 9.95. The van der Waals surface area contributed by atoms with Crippen LogP contribution < -0.4 is 16.4 Å². The van der Waals surface area contributed by atoms with Gasteiger partial charge < -0.3 is 11.1 Å². The minimum atomic E-state index is -0.431. The summed E-state index contributed by atoms with van der Waals surface area (Å²) in [5, 5.41) is 4.81. The van der Waals surface area contributed by atoms with Gasteiger partial charge >= 0.3 is 6.03 Å². The quantitative estimate of drug-likeness (QED) is 0.622. The van der Waals surface area contributed by atoms with Crippen molar-refractivity contribution < 1.29 is 9.59 Å². The van der Waals surface area contributed by atoms with Crippen LogP contribution in [0.5, 0.6) is 0 Å². The van der Waals surface area contributed by atoms with Gasteiger partial charge in [0.25, 0.3) is 0 Å². The maximum atomic E-state index is 11.5. The van der Waals surface area contributed by atoms with Crippen molar-refractivity contribution in [2.45, 2.75) is 26.3 Å². The number of nitrogens with one attached hydrogen (secondary N) is 2. The molecule has 2 atom stereocenters.